The number of nitrogens with zero attached hydrogens (tertiary/aromatic N) is 3. The van der Waals surface area contributed by atoms with Crippen molar-refractivity contribution in [2.24, 2.45) is 18.7 Å². The van der Waals surface area contributed by atoms with Crippen molar-refractivity contribution in [2.75, 3.05) is 13.1 Å². The van der Waals surface area contributed by atoms with Crippen molar-refractivity contribution >= 4 is 15.9 Å². The Morgan fingerprint density at radius 1 is 1.45 bits per heavy atom. The fourth-order valence-corrected chi connectivity index (χ4v) is 4.59. The maximum Gasteiger partial charge on any atom is 0.246 e. The van der Waals surface area contributed by atoms with Crippen molar-refractivity contribution < 1.29 is 8.42 Å². The molecule has 1 aromatic rings. The first-order valence-electron chi connectivity index (χ1n) is 6.59. The molecule has 1 aliphatic rings. The molecule has 0 amide bonds. The van der Waals surface area contributed by atoms with E-state index in [-0.39, 0.29) is 23.2 Å². The summed E-state index contributed by atoms with van der Waals surface area (Å²) in [4.78, 5) is 0.282. The third kappa shape index (κ3) is 2.45. The fraction of sp³-hybridized carbons (Fsp3) is 0.667. The van der Waals surface area contributed by atoms with E-state index in [1.54, 1.807) is 25.6 Å². The zero-order valence-electron chi connectivity index (χ0n) is 12.0. The van der Waals surface area contributed by atoms with Crippen molar-refractivity contribution in [1.82, 2.24) is 14.1 Å². The summed E-state index contributed by atoms with van der Waals surface area (Å²) in [5.74, 6) is -0.125. The van der Waals surface area contributed by atoms with Crippen LogP contribution in [0.15, 0.2) is 4.90 Å². The van der Waals surface area contributed by atoms with Crippen LogP contribution in [-0.2, 0) is 17.1 Å². The van der Waals surface area contributed by atoms with Crippen molar-refractivity contribution in [2.45, 2.75) is 31.6 Å². The van der Waals surface area contributed by atoms with Gasteiger partial charge in [0.1, 0.15) is 4.90 Å². The number of amidine groups is 1. The molecule has 1 atom stereocenters. The van der Waals surface area contributed by atoms with Crippen LogP contribution in [0.2, 0.25) is 0 Å². The molecule has 1 aliphatic heterocycles. The summed E-state index contributed by atoms with van der Waals surface area (Å²) in [6, 6.07) is 0. The number of aromatic nitrogens is 2. The summed E-state index contributed by atoms with van der Waals surface area (Å²) in [6.07, 6.45) is 1.49. The van der Waals surface area contributed by atoms with Gasteiger partial charge in [-0.25, -0.2) is 8.42 Å². The highest BCUT2D eigenvalue weighted by atomic mass is 32.2. The molecular weight excluding hydrogens is 278 g/mol. The molecule has 0 bridgehead atoms. The van der Waals surface area contributed by atoms with Gasteiger partial charge in [0.25, 0.3) is 0 Å². The van der Waals surface area contributed by atoms with Crippen molar-refractivity contribution in [3.63, 3.8) is 0 Å². The van der Waals surface area contributed by atoms with E-state index in [4.69, 9.17) is 11.1 Å². The molecule has 7 nitrogen and oxygen atoms in total. The third-order valence-corrected chi connectivity index (χ3v) is 5.98. The lowest BCUT2D eigenvalue weighted by molar-refractivity contribution is 0.310. The number of rotatable bonds is 3. The zero-order valence-corrected chi connectivity index (χ0v) is 12.9. The summed E-state index contributed by atoms with van der Waals surface area (Å²) in [6.45, 7) is 4.21. The summed E-state index contributed by atoms with van der Waals surface area (Å²) in [7, 11) is -1.84. The van der Waals surface area contributed by atoms with Gasteiger partial charge in [0.05, 0.1) is 17.2 Å². The second-order valence-corrected chi connectivity index (χ2v) is 7.16. The van der Waals surface area contributed by atoms with Crippen LogP contribution < -0.4 is 5.73 Å². The molecular formula is C12H21N5O2S. The Hall–Kier alpha value is -1.41. The van der Waals surface area contributed by atoms with Gasteiger partial charge in [0.2, 0.25) is 10.0 Å². The lowest BCUT2D eigenvalue weighted by Gasteiger charge is -2.31. The topological polar surface area (TPSA) is 105 Å². The minimum absolute atomic E-state index is 0.0598. The van der Waals surface area contributed by atoms with Gasteiger partial charge in [0.15, 0.2) is 0 Å². The average Bonchev–Trinajstić information content (AvgIpc) is 2.63. The van der Waals surface area contributed by atoms with Gasteiger partial charge in [0, 0.05) is 26.1 Å². The Kier molecular flexibility index (Phi) is 3.88. The van der Waals surface area contributed by atoms with Crippen molar-refractivity contribution in [1.29, 1.82) is 5.41 Å². The second kappa shape index (κ2) is 5.17. The molecule has 3 N–H and O–H groups in total. The van der Waals surface area contributed by atoms with Crippen LogP contribution in [-0.4, -0.2) is 41.4 Å². The molecule has 2 heterocycles. The van der Waals surface area contributed by atoms with E-state index < -0.39 is 10.0 Å². The first kappa shape index (κ1) is 15.0. The molecule has 1 aromatic heterocycles. The van der Waals surface area contributed by atoms with E-state index in [2.05, 4.69) is 5.10 Å². The highest BCUT2D eigenvalue weighted by molar-refractivity contribution is 7.89. The van der Waals surface area contributed by atoms with Gasteiger partial charge in [-0.1, -0.05) is 0 Å². The van der Waals surface area contributed by atoms with E-state index in [1.807, 2.05) is 0 Å². The number of aryl methyl sites for hydroxylation is 2. The largest absolute Gasteiger partial charge is 0.387 e. The normalized spacial score (nSPS) is 21.1. The standard InChI is InChI=1S/C12H21N5O2S/c1-8-11(9(2)16(3)15-8)20(18,19)17-6-4-5-10(7-17)12(13)14/h10H,4-7H2,1-3H3,(H3,13,14). The molecule has 1 unspecified atom stereocenters. The minimum Gasteiger partial charge on any atom is -0.387 e. The molecule has 20 heavy (non-hydrogen) atoms. The number of nitrogens with two attached hydrogens (primary N) is 1. The van der Waals surface area contributed by atoms with Crippen molar-refractivity contribution in [3.05, 3.63) is 11.4 Å². The molecule has 0 spiro atoms. The number of sulfonamides is 1. The lowest BCUT2D eigenvalue weighted by atomic mass is 9.99. The van der Waals surface area contributed by atoms with Gasteiger partial charge >= 0.3 is 0 Å². The number of nitrogens with one attached hydrogen (secondary N) is 1. The fourth-order valence-electron chi connectivity index (χ4n) is 2.67. The SMILES string of the molecule is Cc1nn(C)c(C)c1S(=O)(=O)N1CCCC(C(=N)N)C1. The molecule has 112 valence electrons. The van der Waals surface area contributed by atoms with Crippen LogP contribution >= 0.6 is 0 Å². The molecule has 2 rings (SSSR count). The maximum atomic E-state index is 12.8. The predicted octanol–water partition coefficient (Wildman–Crippen LogP) is 0.374. The van der Waals surface area contributed by atoms with E-state index >= 15 is 0 Å². The van der Waals surface area contributed by atoms with Crippen molar-refractivity contribution in [3.8, 4) is 0 Å². The number of piperidine rings is 1. The van der Waals surface area contributed by atoms with Gasteiger partial charge in [-0.15, -0.1) is 0 Å². The van der Waals surface area contributed by atoms with E-state index in [0.717, 1.165) is 12.8 Å². The van der Waals surface area contributed by atoms with Crippen LogP contribution in [0.4, 0.5) is 0 Å². The monoisotopic (exact) mass is 299 g/mol. The Morgan fingerprint density at radius 2 is 2.10 bits per heavy atom. The van der Waals surface area contributed by atoms with E-state index in [0.29, 0.717) is 17.9 Å². The summed E-state index contributed by atoms with van der Waals surface area (Å²) >= 11 is 0. The summed E-state index contributed by atoms with van der Waals surface area (Å²) in [5, 5.41) is 11.7. The van der Waals surface area contributed by atoms with E-state index in [1.165, 1.54) is 4.31 Å². The Labute approximate surface area is 119 Å². The first-order valence-corrected chi connectivity index (χ1v) is 8.03. The third-order valence-electron chi connectivity index (χ3n) is 3.86. The smallest absolute Gasteiger partial charge is 0.246 e. The molecule has 0 saturated carbocycles. The Bertz CT molecular complexity index is 635. The van der Waals surface area contributed by atoms with Crippen LogP contribution in [0.1, 0.15) is 24.2 Å². The number of hydrogen-bond acceptors (Lipinski definition) is 4. The lowest BCUT2D eigenvalue weighted by Crippen LogP contribution is -2.44. The van der Waals surface area contributed by atoms with Gasteiger partial charge in [-0.3, -0.25) is 10.1 Å². The van der Waals surface area contributed by atoms with Crippen LogP contribution in [0.3, 0.4) is 0 Å². The quantitative estimate of drug-likeness (QED) is 0.621. The molecule has 8 heteroatoms. The zero-order chi connectivity index (χ0) is 15.1. The molecule has 1 fully saturated rings. The highest BCUT2D eigenvalue weighted by Crippen LogP contribution is 2.27. The van der Waals surface area contributed by atoms with Gasteiger partial charge in [-0.2, -0.15) is 9.40 Å². The highest BCUT2D eigenvalue weighted by Gasteiger charge is 2.34. The molecule has 1 saturated heterocycles. The predicted molar refractivity (Wildman–Crippen MR) is 76.1 cm³/mol. The minimum atomic E-state index is -3.57. The van der Waals surface area contributed by atoms with Crippen LogP contribution in [0.5, 0.6) is 0 Å². The Morgan fingerprint density at radius 3 is 2.60 bits per heavy atom. The van der Waals surface area contributed by atoms with Crippen LogP contribution in [0, 0.1) is 25.2 Å². The van der Waals surface area contributed by atoms with Crippen LogP contribution in [0.25, 0.3) is 0 Å². The summed E-state index contributed by atoms with van der Waals surface area (Å²) < 4.78 is 28.6. The van der Waals surface area contributed by atoms with Gasteiger partial charge < -0.3 is 5.73 Å². The molecule has 0 aliphatic carbocycles. The van der Waals surface area contributed by atoms with Gasteiger partial charge in [-0.05, 0) is 26.7 Å². The van der Waals surface area contributed by atoms with E-state index in [9.17, 15) is 8.42 Å². The average molecular weight is 299 g/mol. The Balaban J connectivity index is 2.37. The first-order chi connectivity index (χ1) is 9.25. The maximum absolute atomic E-state index is 12.8. The summed E-state index contributed by atoms with van der Waals surface area (Å²) in [5.41, 5.74) is 6.66. The molecule has 0 aromatic carbocycles. The number of hydrogen-bond donors (Lipinski definition) is 2. The molecule has 0 radical (unpaired) electrons. The second-order valence-electron chi connectivity index (χ2n) is 5.28.